The zero-order chi connectivity index (χ0) is 15.2. The summed E-state index contributed by atoms with van der Waals surface area (Å²) in [6.45, 7) is 8.15. The maximum absolute atomic E-state index is 11.7. The fraction of sp³-hybridized carbons (Fsp3) is 0.588. The molecule has 0 saturated carbocycles. The van der Waals surface area contributed by atoms with Crippen LogP contribution in [0.2, 0.25) is 0 Å². The first-order valence-electron chi connectivity index (χ1n) is 7.92. The Labute approximate surface area is 127 Å². The fourth-order valence-corrected chi connectivity index (χ4v) is 3.04. The Morgan fingerprint density at radius 2 is 2.05 bits per heavy atom. The van der Waals surface area contributed by atoms with Gasteiger partial charge >= 0.3 is 0 Å². The van der Waals surface area contributed by atoms with E-state index in [0.717, 1.165) is 39.0 Å². The predicted molar refractivity (Wildman–Crippen MR) is 87.6 cm³/mol. The van der Waals surface area contributed by atoms with Gasteiger partial charge in [-0.05, 0) is 43.5 Å². The predicted octanol–water partition coefficient (Wildman–Crippen LogP) is 2.07. The molecule has 1 amide bonds. The van der Waals surface area contributed by atoms with Crippen LogP contribution in [0.4, 0.5) is 5.69 Å². The number of anilines is 1. The molecule has 0 aliphatic carbocycles. The fourth-order valence-electron chi connectivity index (χ4n) is 3.04. The molecule has 2 rings (SSSR count). The minimum atomic E-state index is 0.180. The zero-order valence-corrected chi connectivity index (χ0v) is 13.4. The molecule has 1 aliphatic heterocycles. The minimum absolute atomic E-state index is 0.180. The summed E-state index contributed by atoms with van der Waals surface area (Å²) in [6, 6.07) is 6.70. The van der Waals surface area contributed by atoms with Gasteiger partial charge in [0.25, 0.3) is 0 Å². The number of hydrogen-bond acceptors (Lipinski definition) is 3. The van der Waals surface area contributed by atoms with Crippen molar-refractivity contribution in [2.75, 3.05) is 31.6 Å². The summed E-state index contributed by atoms with van der Waals surface area (Å²) in [4.78, 5) is 14.1. The lowest BCUT2D eigenvalue weighted by molar-refractivity contribution is -0.125. The van der Waals surface area contributed by atoms with Gasteiger partial charge in [0.2, 0.25) is 5.91 Å². The number of aryl methyl sites for hydroxylation is 1. The molecule has 116 valence electrons. The molecule has 0 aromatic heterocycles. The number of hydrogen-bond donors (Lipinski definition) is 2. The van der Waals surface area contributed by atoms with E-state index >= 15 is 0 Å². The standard InChI is InChI=1S/C17H27N3O/c1-4-19-12-14-5-6-16(13(2)11-14)20-9-7-15(8-10-20)17(21)18-3/h5-6,11,15,19H,4,7-10,12H2,1-3H3,(H,18,21). The lowest BCUT2D eigenvalue weighted by Gasteiger charge is -2.34. The first-order chi connectivity index (χ1) is 10.2. The molecule has 0 bridgehead atoms. The number of carbonyl (C=O) groups excluding carboxylic acids is 1. The third kappa shape index (κ3) is 3.97. The summed E-state index contributed by atoms with van der Waals surface area (Å²) in [7, 11) is 1.72. The molecule has 4 heteroatoms. The molecule has 1 heterocycles. The van der Waals surface area contributed by atoms with Crippen molar-refractivity contribution in [3.63, 3.8) is 0 Å². The van der Waals surface area contributed by atoms with Crippen LogP contribution in [0.25, 0.3) is 0 Å². The van der Waals surface area contributed by atoms with Crippen molar-refractivity contribution in [3.8, 4) is 0 Å². The molecule has 1 aliphatic rings. The van der Waals surface area contributed by atoms with Crippen molar-refractivity contribution in [2.45, 2.75) is 33.2 Å². The average molecular weight is 289 g/mol. The maximum atomic E-state index is 11.7. The Balaban J connectivity index is 1.98. The van der Waals surface area contributed by atoms with E-state index < -0.39 is 0 Å². The number of amides is 1. The van der Waals surface area contributed by atoms with Crippen molar-refractivity contribution in [2.24, 2.45) is 5.92 Å². The summed E-state index contributed by atoms with van der Waals surface area (Å²) >= 11 is 0. The number of carbonyl (C=O) groups is 1. The first-order valence-corrected chi connectivity index (χ1v) is 7.92. The zero-order valence-electron chi connectivity index (χ0n) is 13.4. The van der Waals surface area contributed by atoms with E-state index in [1.54, 1.807) is 7.05 Å². The molecule has 1 fully saturated rings. The normalized spacial score (nSPS) is 16.0. The van der Waals surface area contributed by atoms with Crippen molar-refractivity contribution >= 4 is 11.6 Å². The van der Waals surface area contributed by atoms with Gasteiger partial charge in [0.1, 0.15) is 0 Å². The molecule has 0 radical (unpaired) electrons. The van der Waals surface area contributed by atoms with Gasteiger partial charge in [0, 0.05) is 38.3 Å². The van der Waals surface area contributed by atoms with E-state index in [1.165, 1.54) is 16.8 Å². The van der Waals surface area contributed by atoms with Crippen molar-refractivity contribution in [1.29, 1.82) is 0 Å². The molecular formula is C17H27N3O. The molecule has 2 N–H and O–H groups in total. The van der Waals surface area contributed by atoms with Gasteiger partial charge in [-0.15, -0.1) is 0 Å². The van der Waals surface area contributed by atoms with E-state index in [0.29, 0.717) is 0 Å². The van der Waals surface area contributed by atoms with Gasteiger partial charge in [-0.1, -0.05) is 19.1 Å². The Kier molecular flexibility index (Phi) is 5.62. The highest BCUT2D eigenvalue weighted by Gasteiger charge is 2.24. The van der Waals surface area contributed by atoms with E-state index in [2.05, 4.69) is 47.6 Å². The van der Waals surface area contributed by atoms with Gasteiger partial charge < -0.3 is 15.5 Å². The second-order valence-electron chi connectivity index (χ2n) is 5.78. The van der Waals surface area contributed by atoms with Gasteiger partial charge in [-0.25, -0.2) is 0 Å². The molecule has 1 aromatic rings. The Morgan fingerprint density at radius 3 is 2.62 bits per heavy atom. The van der Waals surface area contributed by atoms with Gasteiger partial charge in [0.15, 0.2) is 0 Å². The van der Waals surface area contributed by atoms with Gasteiger partial charge in [0.05, 0.1) is 0 Å². The maximum Gasteiger partial charge on any atom is 0.222 e. The van der Waals surface area contributed by atoms with E-state index in [9.17, 15) is 4.79 Å². The molecule has 4 nitrogen and oxygen atoms in total. The van der Waals surface area contributed by atoms with Crippen molar-refractivity contribution < 1.29 is 4.79 Å². The highest BCUT2D eigenvalue weighted by molar-refractivity contribution is 5.78. The Morgan fingerprint density at radius 1 is 1.33 bits per heavy atom. The lowest BCUT2D eigenvalue weighted by atomic mass is 9.95. The van der Waals surface area contributed by atoms with Crippen LogP contribution in [-0.4, -0.2) is 32.6 Å². The smallest absolute Gasteiger partial charge is 0.222 e. The highest BCUT2D eigenvalue weighted by Crippen LogP contribution is 2.27. The summed E-state index contributed by atoms with van der Waals surface area (Å²) in [6.07, 6.45) is 1.89. The van der Waals surface area contributed by atoms with Crippen LogP contribution in [0.3, 0.4) is 0 Å². The van der Waals surface area contributed by atoms with Crippen LogP contribution in [0.1, 0.15) is 30.9 Å². The third-order valence-electron chi connectivity index (χ3n) is 4.29. The van der Waals surface area contributed by atoms with Gasteiger partial charge in [-0.2, -0.15) is 0 Å². The molecule has 21 heavy (non-hydrogen) atoms. The summed E-state index contributed by atoms with van der Waals surface area (Å²) in [5, 5.41) is 6.12. The molecule has 1 aromatic carbocycles. The highest BCUT2D eigenvalue weighted by atomic mass is 16.1. The van der Waals surface area contributed by atoms with E-state index in [-0.39, 0.29) is 11.8 Å². The van der Waals surface area contributed by atoms with Crippen LogP contribution in [0.15, 0.2) is 18.2 Å². The monoisotopic (exact) mass is 289 g/mol. The van der Waals surface area contributed by atoms with Gasteiger partial charge in [-0.3, -0.25) is 4.79 Å². The molecule has 0 atom stereocenters. The number of rotatable bonds is 5. The number of piperidine rings is 1. The van der Waals surface area contributed by atoms with Crippen LogP contribution >= 0.6 is 0 Å². The summed E-state index contributed by atoms with van der Waals surface area (Å²) < 4.78 is 0. The van der Waals surface area contributed by atoms with E-state index in [4.69, 9.17) is 0 Å². The Bertz CT molecular complexity index is 479. The molecule has 1 saturated heterocycles. The second-order valence-corrected chi connectivity index (χ2v) is 5.78. The molecular weight excluding hydrogens is 262 g/mol. The van der Waals surface area contributed by atoms with Crippen LogP contribution in [0.5, 0.6) is 0 Å². The quantitative estimate of drug-likeness (QED) is 0.872. The number of nitrogens with one attached hydrogen (secondary N) is 2. The summed E-state index contributed by atoms with van der Waals surface area (Å²) in [5.74, 6) is 0.368. The third-order valence-corrected chi connectivity index (χ3v) is 4.29. The van der Waals surface area contributed by atoms with Crippen LogP contribution in [0, 0.1) is 12.8 Å². The largest absolute Gasteiger partial charge is 0.371 e. The lowest BCUT2D eigenvalue weighted by Crippen LogP contribution is -2.39. The minimum Gasteiger partial charge on any atom is -0.371 e. The summed E-state index contributed by atoms with van der Waals surface area (Å²) in [5.41, 5.74) is 3.97. The number of benzene rings is 1. The SMILES string of the molecule is CCNCc1ccc(N2CCC(C(=O)NC)CC2)c(C)c1. The second kappa shape index (κ2) is 7.46. The van der Waals surface area contributed by atoms with Crippen molar-refractivity contribution in [3.05, 3.63) is 29.3 Å². The first kappa shape index (κ1) is 15.8. The van der Waals surface area contributed by atoms with Crippen LogP contribution in [-0.2, 0) is 11.3 Å². The molecule has 0 unspecified atom stereocenters. The van der Waals surface area contributed by atoms with E-state index in [1.807, 2.05) is 0 Å². The van der Waals surface area contributed by atoms with Crippen LogP contribution < -0.4 is 15.5 Å². The number of nitrogens with zero attached hydrogens (tertiary/aromatic N) is 1. The topological polar surface area (TPSA) is 44.4 Å². The Hall–Kier alpha value is -1.55. The van der Waals surface area contributed by atoms with Crippen molar-refractivity contribution in [1.82, 2.24) is 10.6 Å². The average Bonchev–Trinajstić information content (AvgIpc) is 2.52. The molecule has 0 spiro atoms.